The lowest BCUT2D eigenvalue weighted by atomic mass is 9.66. The molecule has 37 heavy (non-hydrogen) atoms. The van der Waals surface area contributed by atoms with Crippen LogP contribution in [-0.4, -0.2) is 62.3 Å². The first-order valence-corrected chi connectivity index (χ1v) is 12.4. The molecule has 0 radical (unpaired) electrons. The number of methoxy groups -OCH3 is 2. The number of phenolic OH excluding ortho intramolecular Hbond substituents is 1. The highest BCUT2D eigenvalue weighted by molar-refractivity contribution is 5.79. The van der Waals surface area contributed by atoms with Gasteiger partial charge in [0.15, 0.2) is 29.3 Å². The summed E-state index contributed by atoms with van der Waals surface area (Å²) < 4.78 is 40.3. The van der Waals surface area contributed by atoms with E-state index >= 15 is 0 Å². The first-order valence-electron chi connectivity index (χ1n) is 12.4. The summed E-state index contributed by atoms with van der Waals surface area (Å²) in [5, 5.41) is 20.6. The number of esters is 1. The minimum atomic E-state index is -0.566. The van der Waals surface area contributed by atoms with Crippen molar-refractivity contribution in [2.24, 2.45) is 11.8 Å². The van der Waals surface area contributed by atoms with Gasteiger partial charge in [-0.25, -0.2) is 0 Å². The quantitative estimate of drug-likeness (QED) is 0.576. The Morgan fingerprint density at radius 3 is 2.27 bits per heavy atom. The van der Waals surface area contributed by atoms with E-state index in [0.717, 1.165) is 16.7 Å². The Kier molecular flexibility index (Phi) is 6.05. The van der Waals surface area contributed by atoms with Crippen LogP contribution in [0.4, 0.5) is 0 Å². The fraction of sp³-hybridized carbons (Fsp3) is 0.519. The molecule has 0 unspecified atom stereocenters. The van der Waals surface area contributed by atoms with E-state index < -0.39 is 30.3 Å². The molecule has 198 valence electrons. The Hall–Kier alpha value is -3.21. The molecular formula is C27H30O10. The van der Waals surface area contributed by atoms with Crippen LogP contribution in [0.2, 0.25) is 0 Å². The highest BCUT2D eigenvalue weighted by Crippen LogP contribution is 2.56. The molecule has 2 fully saturated rings. The maximum atomic E-state index is 13.2. The number of carbonyl (C=O) groups is 1. The Morgan fingerprint density at radius 1 is 0.946 bits per heavy atom. The van der Waals surface area contributed by atoms with Crippen molar-refractivity contribution in [2.45, 2.75) is 50.3 Å². The molecule has 4 aliphatic rings. The fourth-order valence-electron chi connectivity index (χ4n) is 5.98. The first kappa shape index (κ1) is 24.1. The first-order chi connectivity index (χ1) is 17.9. The van der Waals surface area contributed by atoms with Crippen LogP contribution >= 0.6 is 0 Å². The zero-order valence-corrected chi connectivity index (χ0v) is 20.8. The number of aliphatic hydroxyl groups is 1. The van der Waals surface area contributed by atoms with Gasteiger partial charge in [-0.15, -0.1) is 0 Å². The third-order valence-corrected chi connectivity index (χ3v) is 7.89. The van der Waals surface area contributed by atoms with Gasteiger partial charge in [0.1, 0.15) is 0 Å². The largest absolute Gasteiger partial charge is 0.502 e. The van der Waals surface area contributed by atoms with Crippen molar-refractivity contribution in [3.63, 3.8) is 0 Å². The number of rotatable bonds is 5. The van der Waals surface area contributed by atoms with Gasteiger partial charge in [0.05, 0.1) is 45.1 Å². The second-order valence-corrected chi connectivity index (χ2v) is 9.88. The average molecular weight is 515 g/mol. The van der Waals surface area contributed by atoms with Crippen LogP contribution in [0, 0.1) is 11.8 Å². The summed E-state index contributed by atoms with van der Waals surface area (Å²) in [6, 6.07) is 7.23. The lowest BCUT2D eigenvalue weighted by Gasteiger charge is -2.41. The van der Waals surface area contributed by atoms with Gasteiger partial charge < -0.3 is 43.4 Å². The lowest BCUT2D eigenvalue weighted by Crippen LogP contribution is -2.42. The molecule has 0 aromatic heterocycles. The van der Waals surface area contributed by atoms with E-state index in [-0.39, 0.29) is 48.6 Å². The predicted octanol–water partition coefficient (Wildman–Crippen LogP) is 3.02. The normalized spacial score (nSPS) is 31.9. The standard InChI is InChI=1S/C27H30O10/c1-12-17(28)4-5-22(36-12)37-26-15-9-19-18(34-11-35-19)8-14(15)23(24-16(26)10-33-27(24)30)13-6-20(31-2)25(29)21(7-13)32-3/h6-9,12,16-17,22-24,26,28-29H,4-5,10-11H2,1-3H3/t12-,16+,17-,22-,23-,24+,26-/m1/s1. The van der Waals surface area contributed by atoms with Gasteiger partial charge in [0.2, 0.25) is 12.5 Å². The Bertz CT molecular complexity index is 1190. The minimum Gasteiger partial charge on any atom is -0.502 e. The van der Waals surface area contributed by atoms with Gasteiger partial charge in [-0.05, 0) is 54.3 Å². The number of phenols is 1. The molecule has 2 aromatic carbocycles. The predicted molar refractivity (Wildman–Crippen MR) is 127 cm³/mol. The van der Waals surface area contributed by atoms with Crippen LogP contribution in [0.25, 0.3) is 0 Å². The maximum absolute atomic E-state index is 13.2. The van der Waals surface area contributed by atoms with Crippen molar-refractivity contribution in [1.29, 1.82) is 0 Å². The molecule has 10 nitrogen and oxygen atoms in total. The van der Waals surface area contributed by atoms with E-state index in [9.17, 15) is 15.0 Å². The smallest absolute Gasteiger partial charge is 0.310 e. The van der Waals surface area contributed by atoms with E-state index in [1.54, 1.807) is 12.1 Å². The zero-order chi connectivity index (χ0) is 25.8. The summed E-state index contributed by atoms with van der Waals surface area (Å²) in [6.45, 7) is 2.11. The van der Waals surface area contributed by atoms with E-state index in [1.165, 1.54) is 14.2 Å². The summed E-state index contributed by atoms with van der Waals surface area (Å²) in [6.07, 6.45) is -0.856. The van der Waals surface area contributed by atoms with Crippen molar-refractivity contribution in [2.75, 3.05) is 27.6 Å². The van der Waals surface area contributed by atoms with Crippen LogP contribution in [0.5, 0.6) is 28.7 Å². The SMILES string of the molecule is COc1cc([C@@H]2c3cc4c(cc3[C@@H](O[C@@H]3CC[C@@H](O)[C@@H](C)O3)[C@H]3COC(=O)[C@H]23)OCO4)cc(OC)c1O. The minimum absolute atomic E-state index is 0.102. The average Bonchev–Trinajstić information content (AvgIpc) is 3.51. The van der Waals surface area contributed by atoms with Crippen LogP contribution in [0.15, 0.2) is 24.3 Å². The number of ether oxygens (including phenoxy) is 7. The number of fused-ring (bicyclic) bond motifs is 3. The summed E-state index contributed by atoms with van der Waals surface area (Å²) in [7, 11) is 2.92. The summed E-state index contributed by atoms with van der Waals surface area (Å²) in [4.78, 5) is 13.2. The summed E-state index contributed by atoms with van der Waals surface area (Å²) in [5.74, 6) is -0.104. The monoisotopic (exact) mass is 514 g/mol. The van der Waals surface area contributed by atoms with Crippen molar-refractivity contribution in [3.05, 3.63) is 41.0 Å². The van der Waals surface area contributed by atoms with Crippen LogP contribution in [-0.2, 0) is 19.0 Å². The summed E-state index contributed by atoms with van der Waals surface area (Å²) >= 11 is 0. The highest BCUT2D eigenvalue weighted by Gasteiger charge is 2.54. The molecule has 3 aliphatic heterocycles. The van der Waals surface area contributed by atoms with E-state index in [2.05, 4.69) is 0 Å². The number of carbonyl (C=O) groups excluding carboxylic acids is 1. The van der Waals surface area contributed by atoms with Crippen molar-refractivity contribution >= 4 is 5.97 Å². The Balaban J connectivity index is 1.49. The number of cyclic esters (lactones) is 1. The van der Waals surface area contributed by atoms with Crippen LogP contribution in [0.3, 0.4) is 0 Å². The van der Waals surface area contributed by atoms with Crippen molar-refractivity contribution in [1.82, 2.24) is 0 Å². The Morgan fingerprint density at radius 2 is 1.62 bits per heavy atom. The molecule has 2 saturated heterocycles. The number of benzene rings is 2. The number of hydrogen-bond acceptors (Lipinski definition) is 10. The molecule has 0 spiro atoms. The maximum Gasteiger partial charge on any atom is 0.310 e. The van der Waals surface area contributed by atoms with Crippen molar-refractivity contribution < 1.29 is 48.2 Å². The second kappa shape index (κ2) is 9.27. The number of aliphatic hydroxyl groups excluding tert-OH is 1. The third-order valence-electron chi connectivity index (χ3n) is 7.89. The van der Waals surface area contributed by atoms with Gasteiger partial charge in [-0.1, -0.05) is 0 Å². The molecule has 0 amide bonds. The van der Waals surface area contributed by atoms with Gasteiger partial charge in [-0.3, -0.25) is 4.79 Å². The molecule has 2 N–H and O–H groups in total. The highest BCUT2D eigenvalue weighted by atomic mass is 16.7. The molecule has 0 saturated carbocycles. The van der Waals surface area contributed by atoms with E-state index in [1.807, 2.05) is 19.1 Å². The molecule has 3 heterocycles. The fourth-order valence-corrected chi connectivity index (χ4v) is 5.98. The third kappa shape index (κ3) is 3.94. The summed E-state index contributed by atoms with van der Waals surface area (Å²) in [5.41, 5.74) is 2.40. The van der Waals surface area contributed by atoms with E-state index in [0.29, 0.717) is 24.3 Å². The van der Waals surface area contributed by atoms with Crippen molar-refractivity contribution in [3.8, 4) is 28.7 Å². The molecule has 2 aromatic rings. The number of aromatic hydroxyl groups is 1. The molecule has 0 bridgehead atoms. The molecule has 6 rings (SSSR count). The molecule has 10 heteroatoms. The lowest BCUT2D eigenvalue weighted by molar-refractivity contribution is -0.245. The Labute approximate surface area is 213 Å². The zero-order valence-electron chi connectivity index (χ0n) is 20.8. The second-order valence-electron chi connectivity index (χ2n) is 9.88. The van der Waals surface area contributed by atoms with Crippen LogP contribution in [0.1, 0.15) is 48.5 Å². The van der Waals surface area contributed by atoms with Gasteiger partial charge >= 0.3 is 5.97 Å². The number of hydrogen-bond donors (Lipinski definition) is 2. The van der Waals surface area contributed by atoms with Gasteiger partial charge in [0, 0.05) is 18.3 Å². The van der Waals surface area contributed by atoms with Gasteiger partial charge in [-0.2, -0.15) is 0 Å². The molecule has 7 atom stereocenters. The topological polar surface area (TPSA) is 122 Å². The van der Waals surface area contributed by atoms with Gasteiger partial charge in [0.25, 0.3) is 0 Å². The molecule has 1 aliphatic carbocycles. The van der Waals surface area contributed by atoms with Crippen LogP contribution < -0.4 is 18.9 Å². The molecular weight excluding hydrogens is 484 g/mol. The van der Waals surface area contributed by atoms with E-state index in [4.69, 9.17) is 33.2 Å².